The lowest BCUT2D eigenvalue weighted by Crippen LogP contribution is -2.48. The van der Waals surface area contributed by atoms with Crippen LogP contribution in [0.15, 0.2) is 83.5 Å². The van der Waals surface area contributed by atoms with Crippen molar-refractivity contribution in [2.75, 3.05) is 11.6 Å². The second-order valence-corrected chi connectivity index (χ2v) is 7.93. The number of hydrogen-bond donors (Lipinski definition) is 1. The maximum atomic E-state index is 13.2. The predicted octanol–water partition coefficient (Wildman–Crippen LogP) is 3.89. The maximum Gasteiger partial charge on any atom is 0.290 e. The minimum atomic E-state index is -0.514. The van der Waals surface area contributed by atoms with Crippen molar-refractivity contribution < 1.29 is 14.0 Å². The van der Waals surface area contributed by atoms with Crippen LogP contribution in [0.25, 0.3) is 0 Å². The van der Waals surface area contributed by atoms with E-state index in [4.69, 9.17) is 4.42 Å². The Labute approximate surface area is 174 Å². The standard InChI is InChI=1S/C23H22N2O3S/c26-22(20-15-29-16-25(20)23(27)21-12-7-13-28-21)24-19(18-10-5-2-6-11-18)14-17-8-3-1-4-9-17/h1-13,19-20H,14-16H2,(H,24,26). The molecule has 1 aliphatic heterocycles. The van der Waals surface area contributed by atoms with Gasteiger partial charge in [0.1, 0.15) is 6.04 Å². The molecular formula is C23H22N2O3S. The van der Waals surface area contributed by atoms with Gasteiger partial charge in [-0.3, -0.25) is 9.59 Å². The second kappa shape index (κ2) is 9.01. The lowest BCUT2D eigenvalue weighted by atomic mass is 9.98. The van der Waals surface area contributed by atoms with E-state index in [-0.39, 0.29) is 23.6 Å². The van der Waals surface area contributed by atoms with E-state index in [2.05, 4.69) is 17.4 Å². The SMILES string of the molecule is O=C(NC(Cc1ccccc1)c1ccccc1)C1CSCN1C(=O)c1ccco1. The van der Waals surface area contributed by atoms with Crippen LogP contribution in [0, 0.1) is 0 Å². The maximum absolute atomic E-state index is 13.2. The van der Waals surface area contributed by atoms with Gasteiger partial charge in [-0.2, -0.15) is 0 Å². The smallest absolute Gasteiger partial charge is 0.290 e. The molecule has 3 aromatic rings. The molecule has 0 saturated carbocycles. The Hall–Kier alpha value is -2.99. The zero-order valence-electron chi connectivity index (χ0n) is 15.9. The molecule has 0 aliphatic carbocycles. The van der Waals surface area contributed by atoms with E-state index in [0.29, 0.717) is 18.1 Å². The first-order valence-electron chi connectivity index (χ1n) is 9.54. The highest BCUT2D eigenvalue weighted by molar-refractivity contribution is 7.99. The Kier molecular flexibility index (Phi) is 6.00. The van der Waals surface area contributed by atoms with Crippen LogP contribution in [0.2, 0.25) is 0 Å². The Morgan fingerprint density at radius 2 is 1.76 bits per heavy atom. The van der Waals surface area contributed by atoms with E-state index >= 15 is 0 Å². The van der Waals surface area contributed by atoms with Crippen molar-refractivity contribution in [1.82, 2.24) is 10.2 Å². The van der Waals surface area contributed by atoms with Crippen LogP contribution in [0.3, 0.4) is 0 Å². The van der Waals surface area contributed by atoms with E-state index in [9.17, 15) is 9.59 Å². The Morgan fingerprint density at radius 3 is 2.45 bits per heavy atom. The van der Waals surface area contributed by atoms with Crippen molar-refractivity contribution in [2.24, 2.45) is 0 Å². The van der Waals surface area contributed by atoms with Crippen molar-refractivity contribution in [3.05, 3.63) is 95.9 Å². The molecule has 0 spiro atoms. The number of benzene rings is 2. The van der Waals surface area contributed by atoms with Crippen LogP contribution in [0.4, 0.5) is 0 Å². The van der Waals surface area contributed by atoms with Crippen molar-refractivity contribution in [1.29, 1.82) is 0 Å². The van der Waals surface area contributed by atoms with Crippen LogP contribution in [-0.2, 0) is 11.2 Å². The third kappa shape index (κ3) is 4.54. The molecular weight excluding hydrogens is 384 g/mol. The average molecular weight is 407 g/mol. The molecule has 148 valence electrons. The fourth-order valence-electron chi connectivity index (χ4n) is 3.46. The zero-order chi connectivity index (χ0) is 20.1. The molecule has 1 N–H and O–H groups in total. The minimum absolute atomic E-state index is 0.139. The first-order valence-corrected chi connectivity index (χ1v) is 10.7. The van der Waals surface area contributed by atoms with E-state index in [1.54, 1.807) is 28.8 Å². The quantitative estimate of drug-likeness (QED) is 0.675. The molecule has 1 saturated heterocycles. The van der Waals surface area contributed by atoms with Gasteiger partial charge in [-0.05, 0) is 29.7 Å². The van der Waals surface area contributed by atoms with Crippen molar-refractivity contribution >= 4 is 23.6 Å². The van der Waals surface area contributed by atoms with Gasteiger partial charge in [-0.25, -0.2) is 0 Å². The number of furan rings is 1. The first kappa shape index (κ1) is 19.3. The fraction of sp³-hybridized carbons (Fsp3) is 0.217. The number of thioether (sulfide) groups is 1. The molecule has 2 aromatic carbocycles. The van der Waals surface area contributed by atoms with Gasteiger partial charge in [0.15, 0.2) is 5.76 Å². The van der Waals surface area contributed by atoms with Crippen LogP contribution >= 0.6 is 11.8 Å². The van der Waals surface area contributed by atoms with Crippen molar-refractivity contribution in [2.45, 2.75) is 18.5 Å². The van der Waals surface area contributed by atoms with Gasteiger partial charge < -0.3 is 14.6 Å². The summed E-state index contributed by atoms with van der Waals surface area (Å²) in [5.41, 5.74) is 2.19. The number of carbonyl (C=O) groups excluding carboxylic acids is 2. The molecule has 4 rings (SSSR count). The summed E-state index contributed by atoms with van der Waals surface area (Å²) in [4.78, 5) is 27.5. The fourth-order valence-corrected chi connectivity index (χ4v) is 4.61. The molecule has 5 nitrogen and oxygen atoms in total. The molecule has 2 heterocycles. The number of nitrogens with zero attached hydrogens (tertiary/aromatic N) is 1. The molecule has 2 amide bonds. The number of rotatable bonds is 6. The average Bonchev–Trinajstić information content (AvgIpc) is 3.46. The minimum Gasteiger partial charge on any atom is -0.459 e. The summed E-state index contributed by atoms with van der Waals surface area (Å²) in [7, 11) is 0. The highest BCUT2D eigenvalue weighted by Crippen LogP contribution is 2.25. The van der Waals surface area contributed by atoms with E-state index < -0.39 is 6.04 Å². The number of carbonyl (C=O) groups is 2. The molecule has 2 unspecified atom stereocenters. The molecule has 0 radical (unpaired) electrons. The Morgan fingerprint density at radius 1 is 1.03 bits per heavy atom. The molecule has 6 heteroatoms. The van der Waals surface area contributed by atoms with Crippen LogP contribution in [0.1, 0.15) is 27.7 Å². The summed E-state index contributed by atoms with van der Waals surface area (Å²) in [6, 6.07) is 22.6. The summed E-state index contributed by atoms with van der Waals surface area (Å²) in [5, 5.41) is 3.18. The van der Waals surface area contributed by atoms with E-state index in [1.165, 1.54) is 6.26 Å². The van der Waals surface area contributed by atoms with Crippen LogP contribution in [-0.4, -0.2) is 34.4 Å². The highest BCUT2D eigenvalue weighted by atomic mass is 32.2. The number of hydrogen-bond acceptors (Lipinski definition) is 4. The van der Waals surface area contributed by atoms with Crippen molar-refractivity contribution in [3.63, 3.8) is 0 Å². The summed E-state index contributed by atoms with van der Waals surface area (Å²) in [5.74, 6) is 0.922. The molecule has 2 atom stereocenters. The second-order valence-electron chi connectivity index (χ2n) is 6.93. The van der Waals surface area contributed by atoms with Gasteiger partial charge in [-0.1, -0.05) is 60.7 Å². The molecule has 1 aromatic heterocycles. The first-order chi connectivity index (χ1) is 14.2. The van der Waals surface area contributed by atoms with Gasteiger partial charge in [0.25, 0.3) is 5.91 Å². The molecule has 1 aliphatic rings. The zero-order valence-corrected chi connectivity index (χ0v) is 16.7. The lowest BCUT2D eigenvalue weighted by Gasteiger charge is -2.26. The van der Waals surface area contributed by atoms with Gasteiger partial charge in [0.05, 0.1) is 18.2 Å². The normalized spacial score (nSPS) is 17.1. The molecule has 1 fully saturated rings. The van der Waals surface area contributed by atoms with E-state index in [1.807, 2.05) is 48.5 Å². The summed E-state index contributed by atoms with van der Waals surface area (Å²) in [6.07, 6.45) is 2.15. The third-order valence-electron chi connectivity index (χ3n) is 4.98. The summed E-state index contributed by atoms with van der Waals surface area (Å²) in [6.45, 7) is 0. The largest absolute Gasteiger partial charge is 0.459 e. The van der Waals surface area contributed by atoms with Gasteiger partial charge in [0, 0.05) is 5.75 Å². The van der Waals surface area contributed by atoms with Gasteiger partial charge in [0.2, 0.25) is 5.91 Å². The van der Waals surface area contributed by atoms with Crippen molar-refractivity contribution in [3.8, 4) is 0 Å². The molecule has 0 bridgehead atoms. The van der Waals surface area contributed by atoms with Crippen LogP contribution in [0.5, 0.6) is 0 Å². The molecule has 29 heavy (non-hydrogen) atoms. The topological polar surface area (TPSA) is 62.6 Å². The lowest BCUT2D eigenvalue weighted by molar-refractivity contribution is -0.125. The number of nitrogens with one attached hydrogen (secondary N) is 1. The number of amides is 2. The summed E-state index contributed by atoms with van der Waals surface area (Å²) < 4.78 is 5.23. The van der Waals surface area contributed by atoms with Gasteiger partial charge in [-0.15, -0.1) is 11.8 Å². The third-order valence-corrected chi connectivity index (χ3v) is 5.99. The highest BCUT2D eigenvalue weighted by Gasteiger charge is 2.36. The Balaban J connectivity index is 1.52. The monoisotopic (exact) mass is 406 g/mol. The van der Waals surface area contributed by atoms with Gasteiger partial charge >= 0.3 is 0 Å². The van der Waals surface area contributed by atoms with Crippen LogP contribution < -0.4 is 5.32 Å². The predicted molar refractivity (Wildman–Crippen MR) is 113 cm³/mol. The Bertz CT molecular complexity index is 945. The van der Waals surface area contributed by atoms with E-state index in [0.717, 1.165) is 11.1 Å². The summed E-state index contributed by atoms with van der Waals surface area (Å²) >= 11 is 1.57.